The van der Waals surface area contributed by atoms with Crippen LogP contribution >= 0.6 is 23.4 Å². The number of rotatable bonds is 8. The molecule has 0 saturated heterocycles. The highest BCUT2D eigenvalue weighted by Crippen LogP contribution is 2.21. The third-order valence-electron chi connectivity index (χ3n) is 2.42. The van der Waals surface area contributed by atoms with Gasteiger partial charge in [-0.2, -0.15) is 0 Å². The molecule has 0 radical (unpaired) electrons. The van der Waals surface area contributed by atoms with E-state index in [4.69, 9.17) is 11.6 Å². The highest BCUT2D eigenvalue weighted by atomic mass is 35.5. The molecule has 0 aliphatic heterocycles. The molecule has 7 heteroatoms. The van der Waals surface area contributed by atoms with Crippen molar-refractivity contribution in [2.45, 2.75) is 25.2 Å². The first kappa shape index (κ1) is 18.5. The number of aliphatic imine (C=N–C) groups is 2. The third kappa shape index (κ3) is 7.03. The van der Waals surface area contributed by atoms with E-state index >= 15 is 0 Å². The van der Waals surface area contributed by atoms with Crippen LogP contribution in [0.25, 0.3) is 0 Å². The molecule has 0 aliphatic carbocycles. The molecule has 0 saturated carbocycles. The summed E-state index contributed by atoms with van der Waals surface area (Å²) in [4.78, 5) is 7.67. The lowest BCUT2D eigenvalue weighted by molar-refractivity contribution is 0.0645. The Morgan fingerprint density at radius 2 is 2.26 bits per heavy atom. The van der Waals surface area contributed by atoms with Gasteiger partial charge in [0.1, 0.15) is 11.2 Å². The monoisotopic (exact) mass is 311 g/mol. The summed E-state index contributed by atoms with van der Waals surface area (Å²) in [5.41, 5.74) is -1.90. The average Bonchev–Trinajstić information content (AvgIpc) is 2.34. The van der Waals surface area contributed by atoms with Crippen LogP contribution in [0.2, 0.25) is 0 Å². The summed E-state index contributed by atoms with van der Waals surface area (Å²) in [5, 5.41) is 3.51. The van der Waals surface area contributed by atoms with Crippen LogP contribution in [0.4, 0.5) is 8.78 Å². The molecule has 19 heavy (non-hydrogen) atoms. The zero-order valence-corrected chi connectivity index (χ0v) is 13.0. The van der Waals surface area contributed by atoms with E-state index in [-0.39, 0.29) is 19.5 Å². The van der Waals surface area contributed by atoms with E-state index < -0.39 is 11.8 Å². The van der Waals surface area contributed by atoms with Crippen molar-refractivity contribution in [2.75, 3.05) is 26.4 Å². The zero-order chi connectivity index (χ0) is 14.9. The Morgan fingerprint density at radius 1 is 1.63 bits per heavy atom. The Morgan fingerprint density at radius 3 is 2.74 bits per heavy atom. The second-order valence-corrected chi connectivity index (χ2v) is 5.32. The minimum Gasteiger partial charge on any atom is -0.316 e. The van der Waals surface area contributed by atoms with Crippen molar-refractivity contribution in [2.24, 2.45) is 9.98 Å². The van der Waals surface area contributed by atoms with Crippen molar-refractivity contribution in [3.8, 4) is 0 Å². The molecule has 0 aromatic rings. The summed E-state index contributed by atoms with van der Waals surface area (Å²) in [6.07, 6.45) is 1.59. The van der Waals surface area contributed by atoms with Gasteiger partial charge in [0.25, 0.3) is 0 Å². The molecular formula is C12H20ClF2N3S. The highest BCUT2D eigenvalue weighted by Gasteiger charge is 2.33. The van der Waals surface area contributed by atoms with Gasteiger partial charge in [0.15, 0.2) is 5.67 Å². The summed E-state index contributed by atoms with van der Waals surface area (Å²) in [7, 11) is 1.58. The van der Waals surface area contributed by atoms with Gasteiger partial charge >= 0.3 is 0 Å². The number of nitrogens with zero attached hydrogens (tertiary/aromatic N) is 2. The minimum absolute atomic E-state index is 0.00439. The van der Waals surface area contributed by atoms with Gasteiger partial charge in [-0.05, 0) is 26.9 Å². The molecular weight excluding hydrogens is 292 g/mol. The number of halogens is 3. The second-order valence-electron chi connectivity index (χ2n) is 4.12. The normalized spacial score (nSPS) is 18.0. The molecule has 110 valence electrons. The lowest BCUT2D eigenvalue weighted by Gasteiger charge is -2.23. The first-order valence-electron chi connectivity index (χ1n) is 5.77. The first-order chi connectivity index (χ1) is 8.88. The van der Waals surface area contributed by atoms with Crippen molar-refractivity contribution >= 4 is 35.1 Å². The van der Waals surface area contributed by atoms with Crippen LogP contribution in [0.1, 0.15) is 13.3 Å². The van der Waals surface area contributed by atoms with E-state index in [1.807, 2.05) is 0 Å². The Labute approximate surface area is 122 Å². The fraction of sp³-hybridized carbons (Fsp3) is 0.667. The van der Waals surface area contributed by atoms with E-state index in [1.54, 1.807) is 13.3 Å². The molecule has 0 amide bonds. The Balaban J connectivity index is 4.47. The summed E-state index contributed by atoms with van der Waals surface area (Å²) < 4.78 is 27.5. The van der Waals surface area contributed by atoms with Crippen molar-refractivity contribution in [1.29, 1.82) is 0 Å². The number of thioether (sulfide) groups is 1. The van der Waals surface area contributed by atoms with E-state index in [1.165, 1.54) is 24.9 Å². The van der Waals surface area contributed by atoms with Crippen LogP contribution in [0.15, 0.2) is 21.2 Å². The molecule has 0 aliphatic rings. The predicted octanol–water partition coefficient (Wildman–Crippen LogP) is 3.20. The van der Waals surface area contributed by atoms with Crippen molar-refractivity contribution in [3.05, 3.63) is 11.2 Å². The summed E-state index contributed by atoms with van der Waals surface area (Å²) in [5.74, 6) is 0. The van der Waals surface area contributed by atoms with Gasteiger partial charge in [-0.25, -0.2) is 8.78 Å². The quantitative estimate of drug-likeness (QED) is 0.552. The topological polar surface area (TPSA) is 36.8 Å². The van der Waals surface area contributed by atoms with Crippen LogP contribution in [-0.2, 0) is 0 Å². The third-order valence-corrected chi connectivity index (χ3v) is 3.54. The fourth-order valence-corrected chi connectivity index (χ4v) is 2.24. The van der Waals surface area contributed by atoms with E-state index in [9.17, 15) is 8.78 Å². The molecule has 1 N–H and O–H groups in total. The van der Waals surface area contributed by atoms with Gasteiger partial charge in [0.05, 0.1) is 5.03 Å². The molecule has 2 unspecified atom stereocenters. The van der Waals surface area contributed by atoms with E-state index in [0.717, 1.165) is 0 Å². The number of nitrogens with one attached hydrogen (secondary N) is 1. The maximum absolute atomic E-state index is 13.8. The predicted molar refractivity (Wildman–Crippen MR) is 82.3 cm³/mol. The smallest absolute Gasteiger partial charge is 0.151 e. The number of hydrogen-bond acceptors (Lipinski definition) is 4. The average molecular weight is 312 g/mol. The SMILES string of the molecule is C=N/C=C(Cl)\C(=N/CCC(F)C(C)(F)CNC)SC. The minimum atomic E-state index is -1.90. The molecule has 3 nitrogen and oxygen atoms in total. The molecule has 0 aromatic heterocycles. The Kier molecular flexibility index (Phi) is 9.22. The molecule has 2 atom stereocenters. The summed E-state index contributed by atoms with van der Waals surface area (Å²) in [6, 6.07) is 0. The van der Waals surface area contributed by atoms with Gasteiger partial charge in [-0.15, -0.1) is 11.8 Å². The maximum atomic E-state index is 13.8. The molecule has 0 bridgehead atoms. The first-order valence-corrected chi connectivity index (χ1v) is 7.37. The largest absolute Gasteiger partial charge is 0.316 e. The zero-order valence-electron chi connectivity index (χ0n) is 11.4. The van der Waals surface area contributed by atoms with Crippen molar-refractivity contribution in [3.63, 3.8) is 0 Å². The fourth-order valence-electron chi connectivity index (χ4n) is 1.41. The standard InChI is InChI=1S/C12H20ClF2N3S/c1-12(15,8-17-3)10(14)5-6-18-11(19-4)9(13)7-16-2/h7,10,17H,2,5-6,8H2,1,3-4H3/b9-7+,18-11+. The van der Waals surface area contributed by atoms with Gasteiger partial charge in [-0.1, -0.05) is 11.6 Å². The highest BCUT2D eigenvalue weighted by molar-refractivity contribution is 8.14. The van der Waals surface area contributed by atoms with Gasteiger partial charge < -0.3 is 5.32 Å². The Hall–Kier alpha value is -0.460. The van der Waals surface area contributed by atoms with Crippen LogP contribution < -0.4 is 5.32 Å². The molecule has 0 spiro atoms. The molecule has 0 fully saturated rings. The maximum Gasteiger partial charge on any atom is 0.151 e. The molecule has 0 rings (SSSR count). The van der Waals surface area contributed by atoms with Crippen LogP contribution in [-0.4, -0.2) is 50.0 Å². The van der Waals surface area contributed by atoms with Gasteiger partial charge in [0.2, 0.25) is 0 Å². The molecule has 0 heterocycles. The van der Waals surface area contributed by atoms with Gasteiger partial charge in [-0.3, -0.25) is 9.98 Å². The Bertz CT molecular complexity index is 346. The lowest BCUT2D eigenvalue weighted by Crippen LogP contribution is -2.41. The number of alkyl halides is 2. The van der Waals surface area contributed by atoms with Gasteiger partial charge in [0, 0.05) is 25.7 Å². The summed E-state index contributed by atoms with van der Waals surface area (Å²) in [6.45, 7) is 4.66. The molecule has 0 aromatic carbocycles. The van der Waals surface area contributed by atoms with Crippen molar-refractivity contribution < 1.29 is 8.78 Å². The second kappa shape index (κ2) is 9.44. The number of hydrogen-bond donors (Lipinski definition) is 1. The van der Waals surface area contributed by atoms with Crippen LogP contribution in [0.3, 0.4) is 0 Å². The van der Waals surface area contributed by atoms with Crippen LogP contribution in [0.5, 0.6) is 0 Å². The van der Waals surface area contributed by atoms with E-state index in [0.29, 0.717) is 10.1 Å². The lowest BCUT2D eigenvalue weighted by atomic mass is 10.00. The van der Waals surface area contributed by atoms with Crippen molar-refractivity contribution in [1.82, 2.24) is 5.32 Å². The summed E-state index contributed by atoms with van der Waals surface area (Å²) >= 11 is 7.22. The van der Waals surface area contributed by atoms with Crippen LogP contribution in [0, 0.1) is 0 Å². The van der Waals surface area contributed by atoms with E-state index in [2.05, 4.69) is 22.0 Å².